The second kappa shape index (κ2) is 13.2. The van der Waals surface area contributed by atoms with E-state index in [4.69, 9.17) is 22.9 Å². The molecule has 1 aromatic carbocycles. The van der Waals surface area contributed by atoms with Crippen molar-refractivity contribution < 1.29 is 23.1 Å². The molecule has 0 aliphatic carbocycles. The quantitative estimate of drug-likeness (QED) is 0.284. The van der Waals surface area contributed by atoms with E-state index in [9.17, 15) is 18.4 Å². The fourth-order valence-electron chi connectivity index (χ4n) is 6.00. The van der Waals surface area contributed by atoms with Crippen LogP contribution in [0.25, 0.3) is 21.7 Å². The fourth-order valence-corrected chi connectivity index (χ4v) is 6.17. The Balaban J connectivity index is 1.23. The molecule has 0 unspecified atom stereocenters. The first-order valence-corrected chi connectivity index (χ1v) is 15.0. The van der Waals surface area contributed by atoms with E-state index in [0.717, 1.165) is 38.8 Å². The number of carbonyl (C=O) groups excluding carboxylic acids is 2. The number of nitrogens with zero attached hydrogens (tertiary/aromatic N) is 8. The average molecular weight is 638 g/mol. The zero-order valence-corrected chi connectivity index (χ0v) is 24.9. The van der Waals surface area contributed by atoms with Gasteiger partial charge in [0.2, 0.25) is 11.9 Å². The molecule has 1 N–H and O–H groups in total. The van der Waals surface area contributed by atoms with Gasteiger partial charge in [-0.25, -0.2) is 16.1 Å². The van der Waals surface area contributed by atoms with Crippen LogP contribution in [-0.4, -0.2) is 90.9 Å². The van der Waals surface area contributed by atoms with Gasteiger partial charge in [0.15, 0.2) is 5.65 Å². The number of hydrogen-bond acceptors (Lipinski definition) is 7. The summed E-state index contributed by atoms with van der Waals surface area (Å²) in [5, 5.41) is 11.7. The van der Waals surface area contributed by atoms with Crippen LogP contribution in [0.1, 0.15) is 36.0 Å². The van der Waals surface area contributed by atoms with Gasteiger partial charge in [-0.05, 0) is 50.1 Å². The van der Waals surface area contributed by atoms with E-state index in [1.165, 1.54) is 46.0 Å². The number of nitrogens with one attached hydrogen (secondary N) is 1. The minimum absolute atomic E-state index is 0.0392. The second-order valence-electron chi connectivity index (χ2n) is 11.0. The maximum absolute atomic E-state index is 13.4. The first kappa shape index (κ1) is 30.4. The number of halogens is 3. The topological polar surface area (TPSA) is 114 Å². The van der Waals surface area contributed by atoms with Crippen LogP contribution >= 0.6 is 11.6 Å². The smallest absolute Gasteiger partial charge is 0.387 e. The first-order valence-electron chi connectivity index (χ1n) is 14.6. The van der Waals surface area contributed by atoms with Crippen molar-refractivity contribution in [3.8, 4) is 17.0 Å². The predicted molar refractivity (Wildman–Crippen MR) is 161 cm³/mol. The Kier molecular flexibility index (Phi) is 8.90. The number of amides is 2. The molecule has 12 nitrogen and oxygen atoms in total. The lowest BCUT2D eigenvalue weighted by Crippen LogP contribution is -2.50. The molecular formula is C30H30ClF2N9O3. The predicted octanol–water partition coefficient (Wildman–Crippen LogP) is 4.47. The Bertz CT molecular complexity index is 1750. The van der Waals surface area contributed by atoms with E-state index in [0.29, 0.717) is 24.8 Å². The largest absolute Gasteiger partial charge is 0.434 e. The highest BCUT2D eigenvalue weighted by molar-refractivity contribution is 6.31. The van der Waals surface area contributed by atoms with Crippen LogP contribution in [0.4, 0.5) is 14.5 Å². The summed E-state index contributed by atoms with van der Waals surface area (Å²) < 4.78 is 34.1. The molecule has 45 heavy (non-hydrogen) atoms. The molecule has 0 bridgehead atoms. The molecule has 1 atom stereocenters. The Labute approximate surface area is 262 Å². The normalized spacial score (nSPS) is 17.8. The minimum atomic E-state index is -3.11. The summed E-state index contributed by atoms with van der Waals surface area (Å²) in [4.78, 5) is 38.9. The molecule has 0 radical (unpaired) electrons. The van der Waals surface area contributed by atoms with Crippen LogP contribution in [-0.2, 0) is 11.3 Å². The summed E-state index contributed by atoms with van der Waals surface area (Å²) in [6.07, 6.45) is 9.59. The average Bonchev–Trinajstić information content (AvgIpc) is 3.66. The van der Waals surface area contributed by atoms with Crippen molar-refractivity contribution in [3.05, 3.63) is 71.1 Å². The van der Waals surface area contributed by atoms with Crippen molar-refractivity contribution in [2.75, 3.05) is 31.5 Å². The van der Waals surface area contributed by atoms with Crippen LogP contribution in [0.5, 0.6) is 5.75 Å². The molecule has 2 amide bonds. The monoisotopic (exact) mass is 637 g/mol. The molecule has 2 aliphatic rings. The SMILES string of the molecule is [C-]#[N+][C@H]1CCCN(C2CCN(C(=O)Cn3cc(NC(=O)c4cnn5cccnc45)c(-c4cc(Cl)ccc4OC(F)F)n3)CC2)C1. The third kappa shape index (κ3) is 6.74. The maximum atomic E-state index is 13.4. The molecule has 2 saturated heterocycles. The fraction of sp³-hybridized carbons (Fsp3) is 0.400. The molecule has 2 fully saturated rings. The van der Waals surface area contributed by atoms with Gasteiger partial charge in [-0.2, -0.15) is 19.0 Å². The standard InChI is InChI=1S/C30H30ClF2N9O3/c1-34-20-4-2-10-40(16-20)21-7-12-39(13-8-21)26(43)18-41-17-24(37-29(44)23-15-36-42-11-3-9-35-28(23)42)27(38-41)22-14-19(31)5-6-25(22)45-30(32)33/h3,5-6,9,11,14-15,17,20-21,30H,2,4,7-8,10,12-13,16,18H2,(H,37,44)/t20-/m0/s1. The molecule has 6 rings (SSSR count). The van der Waals surface area contributed by atoms with Gasteiger partial charge < -0.3 is 19.8 Å². The van der Waals surface area contributed by atoms with Crippen LogP contribution in [0.3, 0.4) is 0 Å². The summed E-state index contributed by atoms with van der Waals surface area (Å²) in [6.45, 7) is 7.03. The van der Waals surface area contributed by atoms with E-state index in [2.05, 4.69) is 30.2 Å². The number of benzene rings is 1. The number of rotatable bonds is 8. The lowest BCUT2D eigenvalue weighted by Gasteiger charge is -2.40. The summed E-state index contributed by atoms with van der Waals surface area (Å²) in [7, 11) is 0. The molecule has 5 heterocycles. The summed E-state index contributed by atoms with van der Waals surface area (Å²) in [5.74, 6) is -0.922. The van der Waals surface area contributed by atoms with E-state index in [-0.39, 0.29) is 51.8 Å². The number of alkyl halides is 2. The van der Waals surface area contributed by atoms with E-state index in [1.807, 2.05) is 0 Å². The Morgan fingerprint density at radius 1 is 1.20 bits per heavy atom. The number of anilines is 1. The Hall–Kier alpha value is -4.61. The van der Waals surface area contributed by atoms with Crippen molar-refractivity contribution in [1.29, 1.82) is 0 Å². The highest BCUT2D eigenvalue weighted by atomic mass is 35.5. The first-order chi connectivity index (χ1) is 21.8. The lowest BCUT2D eigenvalue weighted by molar-refractivity contribution is -0.133. The van der Waals surface area contributed by atoms with Gasteiger partial charge in [0, 0.05) is 54.7 Å². The van der Waals surface area contributed by atoms with Crippen molar-refractivity contribution in [2.45, 2.75) is 50.9 Å². The third-order valence-electron chi connectivity index (χ3n) is 8.19. The van der Waals surface area contributed by atoms with Crippen LogP contribution in [0.15, 0.2) is 49.1 Å². The van der Waals surface area contributed by atoms with Crippen molar-refractivity contribution >= 4 is 34.7 Å². The van der Waals surface area contributed by atoms with E-state index in [1.54, 1.807) is 17.2 Å². The molecule has 3 aromatic heterocycles. The number of likely N-dealkylation sites (tertiary alicyclic amines) is 2. The number of hydrogen-bond donors (Lipinski definition) is 1. The number of fused-ring (bicyclic) bond motifs is 1. The number of ether oxygens (including phenoxy) is 1. The minimum Gasteiger partial charge on any atom is -0.434 e. The molecule has 0 saturated carbocycles. The summed E-state index contributed by atoms with van der Waals surface area (Å²) in [5.41, 5.74) is 0.864. The molecule has 234 valence electrons. The highest BCUT2D eigenvalue weighted by Gasteiger charge is 2.32. The van der Waals surface area contributed by atoms with Crippen molar-refractivity contribution in [2.24, 2.45) is 0 Å². The van der Waals surface area contributed by atoms with Gasteiger partial charge in [-0.3, -0.25) is 19.2 Å². The van der Waals surface area contributed by atoms with E-state index >= 15 is 0 Å². The Morgan fingerprint density at radius 2 is 2.02 bits per heavy atom. The van der Waals surface area contributed by atoms with Gasteiger partial charge in [-0.15, -0.1) is 0 Å². The third-order valence-corrected chi connectivity index (χ3v) is 8.42. The Morgan fingerprint density at radius 3 is 2.80 bits per heavy atom. The highest BCUT2D eigenvalue weighted by Crippen LogP contribution is 2.37. The van der Waals surface area contributed by atoms with Crippen LogP contribution in [0, 0.1) is 6.57 Å². The number of piperidine rings is 2. The van der Waals surface area contributed by atoms with Gasteiger partial charge in [0.05, 0.1) is 18.4 Å². The van der Waals surface area contributed by atoms with Crippen molar-refractivity contribution in [3.63, 3.8) is 0 Å². The molecule has 4 aromatic rings. The van der Waals surface area contributed by atoms with E-state index < -0.39 is 12.5 Å². The van der Waals surface area contributed by atoms with Crippen LogP contribution < -0.4 is 10.1 Å². The number of aromatic nitrogens is 5. The van der Waals surface area contributed by atoms with Gasteiger partial charge in [0.1, 0.15) is 23.6 Å². The van der Waals surface area contributed by atoms with Gasteiger partial charge in [0.25, 0.3) is 5.91 Å². The zero-order chi connectivity index (χ0) is 31.5. The summed E-state index contributed by atoms with van der Waals surface area (Å²) in [6, 6.07) is 6.15. The van der Waals surface area contributed by atoms with Gasteiger partial charge >= 0.3 is 6.61 Å². The summed E-state index contributed by atoms with van der Waals surface area (Å²) >= 11 is 6.22. The molecular weight excluding hydrogens is 608 g/mol. The lowest BCUT2D eigenvalue weighted by atomic mass is 9.98. The maximum Gasteiger partial charge on any atom is 0.387 e. The van der Waals surface area contributed by atoms with Gasteiger partial charge in [-0.1, -0.05) is 11.6 Å². The number of carbonyl (C=O) groups is 2. The van der Waals surface area contributed by atoms with Crippen LogP contribution in [0.2, 0.25) is 5.02 Å². The zero-order valence-electron chi connectivity index (χ0n) is 24.2. The second-order valence-corrected chi connectivity index (χ2v) is 11.5. The van der Waals surface area contributed by atoms with Crippen molar-refractivity contribution in [1.82, 2.24) is 34.2 Å². The molecule has 0 spiro atoms. The molecule has 15 heteroatoms. The molecule has 2 aliphatic heterocycles.